The second-order valence-electron chi connectivity index (χ2n) is 5.78. The van der Waals surface area contributed by atoms with Crippen LogP contribution in [-0.2, 0) is 16.1 Å². The van der Waals surface area contributed by atoms with Gasteiger partial charge in [-0.3, -0.25) is 9.59 Å². The molecule has 2 rings (SSSR count). The monoisotopic (exact) mass is 317 g/mol. The lowest BCUT2D eigenvalue weighted by Crippen LogP contribution is -2.24. The van der Waals surface area contributed by atoms with E-state index in [-0.39, 0.29) is 12.3 Å². The first-order valence-corrected chi connectivity index (χ1v) is 7.96. The van der Waals surface area contributed by atoms with Crippen LogP contribution in [0.1, 0.15) is 44.6 Å². The van der Waals surface area contributed by atoms with Crippen molar-refractivity contribution < 1.29 is 19.4 Å². The van der Waals surface area contributed by atoms with E-state index in [2.05, 4.69) is 5.32 Å². The Balaban J connectivity index is 1.75. The molecule has 2 N–H and O–H groups in total. The molecule has 1 aliphatic rings. The SMILES string of the molecule is CC1=C(C(=O)NCc2ccc(OCCCC(=O)O)cc2)CCC1. The van der Waals surface area contributed by atoms with E-state index in [1.807, 2.05) is 31.2 Å². The quantitative estimate of drug-likeness (QED) is 0.723. The minimum Gasteiger partial charge on any atom is -0.494 e. The lowest BCUT2D eigenvalue weighted by atomic mass is 10.1. The van der Waals surface area contributed by atoms with E-state index in [9.17, 15) is 9.59 Å². The highest BCUT2D eigenvalue weighted by Crippen LogP contribution is 2.25. The van der Waals surface area contributed by atoms with Gasteiger partial charge in [0.1, 0.15) is 5.75 Å². The summed E-state index contributed by atoms with van der Waals surface area (Å²) in [6, 6.07) is 7.48. The van der Waals surface area contributed by atoms with Crippen molar-refractivity contribution in [3.05, 3.63) is 41.0 Å². The van der Waals surface area contributed by atoms with Gasteiger partial charge in [-0.25, -0.2) is 0 Å². The number of carboxylic acids is 1. The number of ether oxygens (including phenoxy) is 1. The molecule has 0 bridgehead atoms. The molecule has 0 unspecified atom stereocenters. The van der Waals surface area contributed by atoms with Crippen LogP contribution < -0.4 is 10.1 Å². The molecule has 0 atom stereocenters. The number of carbonyl (C=O) groups excluding carboxylic acids is 1. The van der Waals surface area contributed by atoms with Crippen molar-refractivity contribution in [1.82, 2.24) is 5.32 Å². The van der Waals surface area contributed by atoms with E-state index < -0.39 is 5.97 Å². The molecule has 0 aromatic heterocycles. The molecule has 0 heterocycles. The number of rotatable bonds is 8. The summed E-state index contributed by atoms with van der Waals surface area (Å²) in [6.45, 7) is 2.91. The minimum absolute atomic E-state index is 0.0361. The number of allylic oxidation sites excluding steroid dienone is 1. The van der Waals surface area contributed by atoms with Crippen LogP contribution in [0.2, 0.25) is 0 Å². The van der Waals surface area contributed by atoms with Gasteiger partial charge in [0.15, 0.2) is 0 Å². The largest absolute Gasteiger partial charge is 0.494 e. The van der Waals surface area contributed by atoms with Crippen LogP contribution in [0.15, 0.2) is 35.4 Å². The first-order chi connectivity index (χ1) is 11.1. The van der Waals surface area contributed by atoms with Gasteiger partial charge in [0, 0.05) is 18.5 Å². The van der Waals surface area contributed by atoms with Crippen LogP contribution in [0.25, 0.3) is 0 Å². The molecule has 5 nitrogen and oxygen atoms in total. The summed E-state index contributed by atoms with van der Waals surface area (Å²) in [4.78, 5) is 22.5. The smallest absolute Gasteiger partial charge is 0.303 e. The van der Waals surface area contributed by atoms with E-state index in [4.69, 9.17) is 9.84 Å². The fourth-order valence-corrected chi connectivity index (χ4v) is 2.61. The molecule has 0 fully saturated rings. The van der Waals surface area contributed by atoms with Crippen molar-refractivity contribution in [2.75, 3.05) is 6.61 Å². The van der Waals surface area contributed by atoms with Crippen LogP contribution in [0.5, 0.6) is 5.75 Å². The van der Waals surface area contributed by atoms with E-state index in [0.717, 1.165) is 30.4 Å². The van der Waals surface area contributed by atoms with Gasteiger partial charge >= 0.3 is 5.97 Å². The summed E-state index contributed by atoms with van der Waals surface area (Å²) in [5.41, 5.74) is 3.14. The Morgan fingerprint density at radius 2 is 1.96 bits per heavy atom. The van der Waals surface area contributed by atoms with Crippen molar-refractivity contribution in [2.24, 2.45) is 0 Å². The van der Waals surface area contributed by atoms with E-state index >= 15 is 0 Å². The van der Waals surface area contributed by atoms with Gasteiger partial charge in [0.05, 0.1) is 6.61 Å². The van der Waals surface area contributed by atoms with Crippen LogP contribution >= 0.6 is 0 Å². The number of amides is 1. The zero-order chi connectivity index (χ0) is 16.7. The van der Waals surface area contributed by atoms with E-state index in [0.29, 0.717) is 25.3 Å². The average Bonchev–Trinajstić information content (AvgIpc) is 2.96. The first kappa shape index (κ1) is 17.1. The third-order valence-corrected chi connectivity index (χ3v) is 3.95. The number of carbonyl (C=O) groups is 2. The summed E-state index contributed by atoms with van der Waals surface area (Å²) in [5.74, 6) is -0.0684. The molecule has 1 aliphatic carbocycles. The predicted octanol–water partition coefficient (Wildman–Crippen LogP) is 3.05. The van der Waals surface area contributed by atoms with Gasteiger partial charge in [0.25, 0.3) is 0 Å². The molecule has 124 valence electrons. The molecule has 0 saturated heterocycles. The van der Waals surface area contributed by atoms with Crippen LogP contribution in [0.4, 0.5) is 0 Å². The zero-order valence-corrected chi connectivity index (χ0v) is 13.4. The van der Waals surface area contributed by atoms with Gasteiger partial charge < -0.3 is 15.2 Å². The molecule has 1 aromatic rings. The highest BCUT2D eigenvalue weighted by Gasteiger charge is 2.17. The van der Waals surface area contributed by atoms with Gasteiger partial charge in [-0.2, -0.15) is 0 Å². The lowest BCUT2D eigenvalue weighted by molar-refractivity contribution is -0.137. The predicted molar refractivity (Wildman–Crippen MR) is 87.2 cm³/mol. The average molecular weight is 317 g/mol. The Morgan fingerprint density at radius 3 is 2.57 bits per heavy atom. The maximum Gasteiger partial charge on any atom is 0.303 e. The first-order valence-electron chi connectivity index (χ1n) is 7.96. The molecular weight excluding hydrogens is 294 g/mol. The number of carboxylic acid groups (broad SMARTS) is 1. The number of hydrogen-bond acceptors (Lipinski definition) is 3. The van der Waals surface area contributed by atoms with Crippen molar-refractivity contribution >= 4 is 11.9 Å². The van der Waals surface area contributed by atoms with Gasteiger partial charge in [-0.1, -0.05) is 17.7 Å². The molecule has 0 spiro atoms. The van der Waals surface area contributed by atoms with Gasteiger partial charge in [-0.05, 0) is 50.3 Å². The maximum absolute atomic E-state index is 12.1. The Kier molecular flexibility index (Phi) is 6.20. The molecule has 0 radical (unpaired) electrons. The lowest BCUT2D eigenvalue weighted by Gasteiger charge is -2.09. The molecular formula is C18H23NO4. The summed E-state index contributed by atoms with van der Waals surface area (Å²) < 4.78 is 5.47. The number of hydrogen-bond donors (Lipinski definition) is 2. The van der Waals surface area contributed by atoms with Crippen molar-refractivity contribution in [2.45, 2.75) is 45.6 Å². The van der Waals surface area contributed by atoms with Crippen molar-refractivity contribution in [3.8, 4) is 5.75 Å². The molecule has 1 aromatic carbocycles. The fraction of sp³-hybridized carbons (Fsp3) is 0.444. The second kappa shape index (κ2) is 8.36. The van der Waals surface area contributed by atoms with E-state index in [1.54, 1.807) is 0 Å². The minimum atomic E-state index is -0.813. The molecule has 0 aliphatic heterocycles. The number of aliphatic carboxylic acids is 1. The zero-order valence-electron chi connectivity index (χ0n) is 13.4. The Morgan fingerprint density at radius 1 is 1.22 bits per heavy atom. The summed E-state index contributed by atoms with van der Waals surface area (Å²) in [7, 11) is 0. The maximum atomic E-state index is 12.1. The Hall–Kier alpha value is -2.30. The Bertz CT molecular complexity index is 590. The topological polar surface area (TPSA) is 75.6 Å². The summed E-state index contributed by atoms with van der Waals surface area (Å²) in [5, 5.41) is 11.5. The fourth-order valence-electron chi connectivity index (χ4n) is 2.61. The highest BCUT2D eigenvalue weighted by molar-refractivity contribution is 5.94. The molecule has 1 amide bonds. The van der Waals surface area contributed by atoms with Gasteiger partial charge in [-0.15, -0.1) is 0 Å². The normalized spacial score (nSPS) is 14.0. The summed E-state index contributed by atoms with van der Waals surface area (Å²) in [6.07, 6.45) is 3.57. The third kappa shape index (κ3) is 5.43. The molecule has 23 heavy (non-hydrogen) atoms. The standard InChI is InChI=1S/C18H23NO4/c1-13-4-2-5-16(13)18(22)19-12-14-7-9-15(10-8-14)23-11-3-6-17(20)21/h7-10H,2-6,11-12H2,1H3,(H,19,22)(H,20,21). The molecule has 5 heteroatoms. The highest BCUT2D eigenvalue weighted by atomic mass is 16.5. The summed E-state index contributed by atoms with van der Waals surface area (Å²) >= 11 is 0. The van der Waals surface area contributed by atoms with Crippen LogP contribution in [0.3, 0.4) is 0 Å². The van der Waals surface area contributed by atoms with Crippen molar-refractivity contribution in [3.63, 3.8) is 0 Å². The van der Waals surface area contributed by atoms with Crippen LogP contribution in [-0.4, -0.2) is 23.6 Å². The Labute approximate surface area is 136 Å². The number of nitrogens with one attached hydrogen (secondary N) is 1. The van der Waals surface area contributed by atoms with Crippen LogP contribution in [0, 0.1) is 0 Å². The van der Waals surface area contributed by atoms with Crippen molar-refractivity contribution in [1.29, 1.82) is 0 Å². The second-order valence-corrected chi connectivity index (χ2v) is 5.78. The van der Waals surface area contributed by atoms with E-state index in [1.165, 1.54) is 5.57 Å². The number of benzene rings is 1. The molecule has 0 saturated carbocycles. The van der Waals surface area contributed by atoms with Gasteiger partial charge in [0.2, 0.25) is 5.91 Å². The third-order valence-electron chi connectivity index (χ3n) is 3.95.